The molecule has 0 aliphatic carbocycles. The van der Waals surface area contributed by atoms with E-state index in [-0.39, 0.29) is 5.75 Å². The Kier molecular flexibility index (Phi) is 3.08. The molecule has 0 aliphatic heterocycles. The molecule has 1 rings (SSSR count). The van der Waals surface area contributed by atoms with Crippen LogP contribution in [0.5, 0.6) is 5.75 Å². The van der Waals surface area contributed by atoms with Crippen LogP contribution in [0.4, 0.5) is 0 Å². The second-order valence-corrected chi connectivity index (χ2v) is 2.72. The molecule has 0 amide bonds. The highest BCUT2D eigenvalue weighted by atomic mass is 16.3. The van der Waals surface area contributed by atoms with E-state index < -0.39 is 6.23 Å². The summed E-state index contributed by atoms with van der Waals surface area (Å²) in [7, 11) is 0. The minimum absolute atomic E-state index is 0.260. The average molecular weight is 167 g/mol. The second-order valence-electron chi connectivity index (χ2n) is 2.72. The Morgan fingerprint density at radius 2 is 1.92 bits per heavy atom. The lowest BCUT2D eigenvalue weighted by molar-refractivity contribution is 0.155. The molecule has 0 aromatic heterocycles. The fraction of sp³-hybridized carbons (Fsp3) is 0.333. The number of phenols is 1. The van der Waals surface area contributed by atoms with E-state index in [4.69, 9.17) is 10.2 Å². The summed E-state index contributed by atoms with van der Waals surface area (Å²) in [6.07, 6.45) is -0.501. The standard InChI is InChI=1S/C9H13NO2/c1-7(11)10-6-8-2-4-9(12)5-3-8/h2-5,7,10-12H,6H2,1H3. The molecule has 1 aromatic rings. The van der Waals surface area contributed by atoms with Crippen LogP contribution in [0.2, 0.25) is 0 Å². The molecule has 0 saturated carbocycles. The van der Waals surface area contributed by atoms with Crippen molar-refractivity contribution in [2.75, 3.05) is 0 Å². The maximum Gasteiger partial charge on any atom is 0.115 e. The lowest BCUT2D eigenvalue weighted by Gasteiger charge is -2.06. The smallest absolute Gasteiger partial charge is 0.115 e. The van der Waals surface area contributed by atoms with Crippen molar-refractivity contribution in [3.8, 4) is 5.75 Å². The van der Waals surface area contributed by atoms with Crippen molar-refractivity contribution in [2.24, 2.45) is 0 Å². The van der Waals surface area contributed by atoms with Gasteiger partial charge in [0.25, 0.3) is 0 Å². The van der Waals surface area contributed by atoms with Crippen LogP contribution < -0.4 is 5.32 Å². The summed E-state index contributed by atoms with van der Waals surface area (Å²) in [4.78, 5) is 0. The normalized spacial score (nSPS) is 12.8. The van der Waals surface area contributed by atoms with Gasteiger partial charge < -0.3 is 10.2 Å². The number of aliphatic hydroxyl groups is 1. The molecular formula is C9H13NO2. The molecule has 0 aliphatic rings. The fourth-order valence-corrected chi connectivity index (χ4v) is 0.879. The van der Waals surface area contributed by atoms with Gasteiger partial charge in [0.1, 0.15) is 12.0 Å². The van der Waals surface area contributed by atoms with Gasteiger partial charge >= 0.3 is 0 Å². The molecule has 0 radical (unpaired) electrons. The number of nitrogens with one attached hydrogen (secondary N) is 1. The molecule has 1 aromatic carbocycles. The van der Waals surface area contributed by atoms with Gasteiger partial charge in [-0.05, 0) is 24.6 Å². The van der Waals surface area contributed by atoms with Gasteiger partial charge in [0.2, 0.25) is 0 Å². The maximum absolute atomic E-state index is 8.96. The molecule has 0 saturated heterocycles. The largest absolute Gasteiger partial charge is 0.508 e. The molecule has 12 heavy (non-hydrogen) atoms. The zero-order valence-corrected chi connectivity index (χ0v) is 6.99. The van der Waals surface area contributed by atoms with Crippen LogP contribution in [0.3, 0.4) is 0 Å². The van der Waals surface area contributed by atoms with E-state index in [0.29, 0.717) is 6.54 Å². The van der Waals surface area contributed by atoms with Gasteiger partial charge in [-0.1, -0.05) is 12.1 Å². The summed E-state index contributed by atoms with van der Waals surface area (Å²) in [5, 5.41) is 20.7. The van der Waals surface area contributed by atoms with E-state index in [1.807, 2.05) is 12.1 Å². The predicted octanol–water partition coefficient (Wildman–Crippen LogP) is 0.820. The van der Waals surface area contributed by atoms with Crippen molar-refractivity contribution in [3.63, 3.8) is 0 Å². The first-order valence-corrected chi connectivity index (χ1v) is 3.88. The minimum Gasteiger partial charge on any atom is -0.508 e. The van der Waals surface area contributed by atoms with Gasteiger partial charge in [-0.3, -0.25) is 5.32 Å². The molecule has 66 valence electrons. The highest BCUT2D eigenvalue weighted by Crippen LogP contribution is 2.08. The van der Waals surface area contributed by atoms with E-state index in [0.717, 1.165) is 5.56 Å². The molecule has 0 bridgehead atoms. The first kappa shape index (κ1) is 9.03. The van der Waals surface area contributed by atoms with Crippen molar-refractivity contribution >= 4 is 0 Å². The average Bonchev–Trinajstić information content (AvgIpc) is 2.03. The third-order valence-corrected chi connectivity index (χ3v) is 1.54. The number of aromatic hydroxyl groups is 1. The molecule has 3 N–H and O–H groups in total. The quantitative estimate of drug-likeness (QED) is 0.584. The van der Waals surface area contributed by atoms with Gasteiger partial charge in [0.05, 0.1) is 0 Å². The Hall–Kier alpha value is -1.06. The number of hydrogen-bond acceptors (Lipinski definition) is 3. The van der Waals surface area contributed by atoms with Gasteiger partial charge in [0, 0.05) is 6.54 Å². The van der Waals surface area contributed by atoms with E-state index in [1.165, 1.54) is 0 Å². The van der Waals surface area contributed by atoms with E-state index >= 15 is 0 Å². The molecular weight excluding hydrogens is 154 g/mol. The predicted molar refractivity (Wildman–Crippen MR) is 46.6 cm³/mol. The topological polar surface area (TPSA) is 52.5 Å². The monoisotopic (exact) mass is 167 g/mol. The Labute approximate surface area is 71.7 Å². The summed E-state index contributed by atoms with van der Waals surface area (Å²) in [5.41, 5.74) is 1.04. The summed E-state index contributed by atoms with van der Waals surface area (Å²) in [5.74, 6) is 0.260. The fourth-order valence-electron chi connectivity index (χ4n) is 0.879. The second kappa shape index (κ2) is 4.09. The molecule has 1 unspecified atom stereocenters. The van der Waals surface area contributed by atoms with Crippen LogP contribution in [-0.4, -0.2) is 16.4 Å². The molecule has 3 heteroatoms. The number of benzene rings is 1. The number of phenolic OH excluding ortho intramolecular Hbond substituents is 1. The van der Waals surface area contributed by atoms with Crippen molar-refractivity contribution < 1.29 is 10.2 Å². The number of aliphatic hydroxyl groups excluding tert-OH is 1. The van der Waals surface area contributed by atoms with Crippen LogP contribution >= 0.6 is 0 Å². The zero-order chi connectivity index (χ0) is 8.97. The zero-order valence-electron chi connectivity index (χ0n) is 6.99. The Balaban J connectivity index is 2.48. The third kappa shape index (κ3) is 2.90. The molecule has 0 fully saturated rings. The summed E-state index contributed by atoms with van der Waals surface area (Å²) in [6.45, 7) is 2.28. The van der Waals surface area contributed by atoms with Gasteiger partial charge in [-0.15, -0.1) is 0 Å². The Morgan fingerprint density at radius 3 is 2.42 bits per heavy atom. The lowest BCUT2D eigenvalue weighted by Crippen LogP contribution is -2.24. The maximum atomic E-state index is 8.96. The molecule has 0 spiro atoms. The van der Waals surface area contributed by atoms with Crippen LogP contribution in [0.25, 0.3) is 0 Å². The molecule has 1 atom stereocenters. The van der Waals surface area contributed by atoms with E-state index in [1.54, 1.807) is 19.1 Å². The van der Waals surface area contributed by atoms with Gasteiger partial charge in [0.15, 0.2) is 0 Å². The van der Waals surface area contributed by atoms with Crippen molar-refractivity contribution in [1.29, 1.82) is 0 Å². The van der Waals surface area contributed by atoms with Crippen molar-refractivity contribution in [3.05, 3.63) is 29.8 Å². The molecule has 0 heterocycles. The van der Waals surface area contributed by atoms with Crippen LogP contribution in [0.15, 0.2) is 24.3 Å². The van der Waals surface area contributed by atoms with Crippen molar-refractivity contribution in [1.82, 2.24) is 5.32 Å². The highest BCUT2D eigenvalue weighted by molar-refractivity contribution is 5.25. The molecule has 3 nitrogen and oxygen atoms in total. The van der Waals surface area contributed by atoms with E-state index in [2.05, 4.69) is 5.32 Å². The first-order valence-electron chi connectivity index (χ1n) is 3.88. The van der Waals surface area contributed by atoms with Crippen LogP contribution in [-0.2, 0) is 6.54 Å². The van der Waals surface area contributed by atoms with Gasteiger partial charge in [-0.2, -0.15) is 0 Å². The number of rotatable bonds is 3. The first-order chi connectivity index (χ1) is 5.68. The Bertz CT molecular complexity index is 231. The van der Waals surface area contributed by atoms with E-state index in [9.17, 15) is 0 Å². The summed E-state index contributed by atoms with van der Waals surface area (Å²) >= 11 is 0. The Morgan fingerprint density at radius 1 is 1.33 bits per heavy atom. The third-order valence-electron chi connectivity index (χ3n) is 1.54. The van der Waals surface area contributed by atoms with Crippen LogP contribution in [0, 0.1) is 0 Å². The minimum atomic E-state index is -0.501. The number of hydrogen-bond donors (Lipinski definition) is 3. The highest BCUT2D eigenvalue weighted by Gasteiger charge is 1.95. The lowest BCUT2D eigenvalue weighted by atomic mass is 10.2. The summed E-state index contributed by atoms with van der Waals surface area (Å²) in [6, 6.07) is 6.87. The SMILES string of the molecule is CC(O)NCc1ccc(O)cc1. The van der Waals surface area contributed by atoms with Crippen LogP contribution in [0.1, 0.15) is 12.5 Å². The summed E-state index contributed by atoms with van der Waals surface area (Å²) < 4.78 is 0. The van der Waals surface area contributed by atoms with Gasteiger partial charge in [-0.25, -0.2) is 0 Å². The van der Waals surface area contributed by atoms with Crippen molar-refractivity contribution in [2.45, 2.75) is 19.7 Å².